The van der Waals surface area contributed by atoms with Gasteiger partial charge in [-0.2, -0.15) is 26.3 Å². The molecule has 2 unspecified atom stereocenters. The summed E-state index contributed by atoms with van der Waals surface area (Å²) in [5.41, 5.74) is 0. The molecular weight excluding hydrogens is 373 g/mol. The lowest BCUT2D eigenvalue weighted by Gasteiger charge is -2.29. The Balaban J connectivity index is 4.90. The summed E-state index contributed by atoms with van der Waals surface area (Å²) in [6, 6.07) is -4.76. The monoisotopic (exact) mass is 379 g/mol. The second-order valence-electron chi connectivity index (χ2n) is 4.12. The molecule has 0 saturated carbocycles. The van der Waals surface area contributed by atoms with Crippen molar-refractivity contribution in [2.75, 3.05) is 13.2 Å². The minimum Gasteiger partial charge on any atom is -0.369 e. The molecule has 0 amide bonds. The van der Waals surface area contributed by atoms with E-state index in [2.05, 4.69) is 4.74 Å². The Bertz CT molecular complexity index is 375. The number of rotatable bonds is 7. The normalized spacial score (nSPS) is 17.5. The number of ether oxygens (including phenoxy) is 1. The molecule has 140 valence electrons. The second kappa shape index (κ2) is 6.86. The molecule has 0 aliphatic heterocycles. The van der Waals surface area contributed by atoms with Crippen LogP contribution in [0.25, 0.3) is 0 Å². The zero-order valence-electron chi connectivity index (χ0n) is 10.3. The number of nitrogens with zero attached hydrogens (tertiary/aromatic N) is 1. The van der Waals surface area contributed by atoms with Crippen molar-refractivity contribution in [1.29, 1.82) is 0 Å². The first-order valence-electron chi connectivity index (χ1n) is 5.14. The van der Waals surface area contributed by atoms with Gasteiger partial charge in [0.05, 0.1) is 0 Å². The van der Waals surface area contributed by atoms with Gasteiger partial charge in [-0.15, -0.1) is 8.96 Å². The summed E-state index contributed by atoms with van der Waals surface area (Å²) in [5.74, 6) is -10.9. The largest absolute Gasteiger partial charge is 0.425 e. The van der Waals surface area contributed by atoms with Crippen molar-refractivity contribution < 1.29 is 62.0 Å². The molecule has 0 saturated heterocycles. The van der Waals surface area contributed by atoms with E-state index in [0.717, 1.165) is 0 Å². The molecule has 0 aliphatic rings. The van der Waals surface area contributed by atoms with Crippen molar-refractivity contribution in [3.8, 4) is 0 Å². The van der Waals surface area contributed by atoms with Crippen molar-refractivity contribution in [3.63, 3.8) is 0 Å². The minimum absolute atomic E-state index is 2.70. The first-order valence-corrected chi connectivity index (χ1v) is 5.14. The minimum atomic E-state index is -6.21. The van der Waals surface area contributed by atoms with Crippen LogP contribution in [0.4, 0.5) is 57.3 Å². The summed E-state index contributed by atoms with van der Waals surface area (Å²) in [6.45, 7) is -5.45. The highest BCUT2D eigenvalue weighted by Gasteiger charge is 2.62. The molecule has 0 rings (SSSR count). The van der Waals surface area contributed by atoms with Crippen LogP contribution in [0.3, 0.4) is 0 Å². The molecule has 2 atom stereocenters. The van der Waals surface area contributed by atoms with Gasteiger partial charge in [-0.25, -0.2) is 22.0 Å². The first kappa shape index (κ1) is 22.0. The van der Waals surface area contributed by atoms with Gasteiger partial charge >= 0.3 is 18.3 Å². The van der Waals surface area contributed by atoms with Crippen molar-refractivity contribution in [1.82, 2.24) is 5.34 Å². The second-order valence-corrected chi connectivity index (χ2v) is 4.12. The van der Waals surface area contributed by atoms with Gasteiger partial charge in [-0.1, -0.05) is 0 Å². The molecule has 23 heavy (non-hydrogen) atoms. The smallest absolute Gasteiger partial charge is 0.369 e. The average Bonchev–Trinajstić information content (AvgIpc) is 2.22. The van der Waals surface area contributed by atoms with E-state index in [0.29, 0.717) is 0 Å². The molecule has 0 bridgehead atoms. The first-order chi connectivity index (χ1) is 9.93. The zero-order valence-corrected chi connectivity index (χ0v) is 10.3. The molecule has 2 nitrogen and oxygen atoms in total. The van der Waals surface area contributed by atoms with Crippen LogP contribution in [0.1, 0.15) is 0 Å². The van der Waals surface area contributed by atoms with Crippen LogP contribution in [0.5, 0.6) is 0 Å². The van der Waals surface area contributed by atoms with E-state index in [1.165, 1.54) is 0 Å². The van der Waals surface area contributed by atoms with Gasteiger partial charge in [0.2, 0.25) is 6.04 Å². The van der Waals surface area contributed by atoms with E-state index in [4.69, 9.17) is 0 Å². The fraction of sp³-hybridized carbons (Fsp3) is 1.00. The van der Waals surface area contributed by atoms with E-state index in [9.17, 15) is 57.3 Å². The fourth-order valence-corrected chi connectivity index (χ4v) is 1.21. The highest BCUT2D eigenvalue weighted by molar-refractivity contribution is 4.88. The van der Waals surface area contributed by atoms with Crippen molar-refractivity contribution in [3.05, 3.63) is 0 Å². The maximum absolute atomic E-state index is 12.9. The molecule has 0 aliphatic carbocycles. The Morgan fingerprint density at radius 3 is 1.39 bits per heavy atom. The fourth-order valence-electron chi connectivity index (χ4n) is 1.21. The Morgan fingerprint density at radius 1 is 0.696 bits per heavy atom. The van der Waals surface area contributed by atoms with E-state index in [1.54, 1.807) is 0 Å². The van der Waals surface area contributed by atoms with Crippen molar-refractivity contribution in [2.45, 2.75) is 36.4 Å². The molecule has 0 aromatic carbocycles. The molecular formula is C8H6F13NO. The summed E-state index contributed by atoms with van der Waals surface area (Å²) < 4.78 is 161. The molecule has 0 radical (unpaired) electrons. The van der Waals surface area contributed by atoms with Crippen LogP contribution in [-0.4, -0.2) is 55.0 Å². The van der Waals surface area contributed by atoms with Gasteiger partial charge in [0.1, 0.15) is 13.2 Å². The van der Waals surface area contributed by atoms with Crippen molar-refractivity contribution >= 4 is 0 Å². The molecule has 0 aromatic rings. The van der Waals surface area contributed by atoms with E-state index in [-0.39, 0.29) is 0 Å². The molecule has 0 N–H and O–H groups in total. The summed E-state index contributed by atoms with van der Waals surface area (Å²) in [7, 11) is 0. The number of hydrogen-bond acceptors (Lipinski definition) is 2. The van der Waals surface area contributed by atoms with Crippen LogP contribution >= 0.6 is 0 Å². The Hall–Kier alpha value is -0.990. The zero-order chi connectivity index (χ0) is 18.9. The Labute approximate surface area is 118 Å². The van der Waals surface area contributed by atoms with Gasteiger partial charge in [0.25, 0.3) is 12.1 Å². The highest BCUT2D eigenvalue weighted by atomic mass is 19.4. The summed E-state index contributed by atoms with van der Waals surface area (Å²) in [6.07, 6.45) is -17.2. The van der Waals surface area contributed by atoms with Crippen LogP contribution in [0.2, 0.25) is 0 Å². The van der Waals surface area contributed by atoms with Crippen LogP contribution in [0, 0.1) is 0 Å². The SMILES string of the molecule is FC(C(F)(F)F)C(F)(F)COCC(F)(F)C(N(F)F)C(F)(F)F. The van der Waals surface area contributed by atoms with Gasteiger partial charge in [0, 0.05) is 5.34 Å². The standard InChI is InChI=1S/C8H6F13NO/c9-3(7(14,15)16)5(10,11)1-23-2-6(12,13)4(22(20)21)8(17,18)19/h3-4H,1-2H2. The number of halogens is 13. The van der Waals surface area contributed by atoms with Crippen LogP contribution < -0.4 is 0 Å². The van der Waals surface area contributed by atoms with E-state index >= 15 is 0 Å². The predicted octanol–water partition coefficient (Wildman–Crippen LogP) is 4.18. The third-order valence-corrected chi connectivity index (χ3v) is 2.15. The average molecular weight is 379 g/mol. The summed E-state index contributed by atoms with van der Waals surface area (Å²) in [5, 5.41) is -2.96. The predicted molar refractivity (Wildman–Crippen MR) is 45.6 cm³/mol. The van der Waals surface area contributed by atoms with Crippen molar-refractivity contribution in [2.24, 2.45) is 0 Å². The molecule has 0 fully saturated rings. The highest BCUT2D eigenvalue weighted by Crippen LogP contribution is 2.38. The lowest BCUT2D eigenvalue weighted by molar-refractivity contribution is -0.340. The molecule has 0 aromatic heterocycles. The quantitative estimate of drug-likeness (QED) is 0.486. The summed E-state index contributed by atoms with van der Waals surface area (Å²) >= 11 is 0. The van der Waals surface area contributed by atoms with Crippen LogP contribution in [-0.2, 0) is 4.74 Å². The van der Waals surface area contributed by atoms with Gasteiger partial charge in [-0.3, -0.25) is 0 Å². The third-order valence-electron chi connectivity index (χ3n) is 2.15. The van der Waals surface area contributed by atoms with Crippen LogP contribution in [0.15, 0.2) is 0 Å². The maximum Gasteiger partial charge on any atom is 0.425 e. The molecule has 15 heteroatoms. The molecule has 0 spiro atoms. The topological polar surface area (TPSA) is 12.5 Å². The lowest BCUT2D eigenvalue weighted by atomic mass is 10.1. The lowest BCUT2D eigenvalue weighted by Crippen LogP contribution is -2.54. The van der Waals surface area contributed by atoms with Gasteiger partial charge in [-0.05, 0) is 0 Å². The van der Waals surface area contributed by atoms with Gasteiger partial charge in [0.15, 0.2) is 0 Å². The Kier molecular flexibility index (Phi) is 6.57. The third kappa shape index (κ3) is 6.19. The number of alkyl halides is 11. The summed E-state index contributed by atoms with van der Waals surface area (Å²) in [4.78, 5) is 0. The maximum atomic E-state index is 12.9. The van der Waals surface area contributed by atoms with E-state index in [1.807, 2.05) is 0 Å². The number of hydrogen-bond donors (Lipinski definition) is 0. The Morgan fingerprint density at radius 2 is 1.09 bits per heavy atom. The van der Waals surface area contributed by atoms with E-state index < -0.39 is 55.0 Å². The molecule has 0 heterocycles. The van der Waals surface area contributed by atoms with Gasteiger partial charge < -0.3 is 4.74 Å².